The molecule has 0 spiro atoms. The number of carbonyl (C=O) groups is 1. The maximum absolute atomic E-state index is 14.1. The lowest BCUT2D eigenvalue weighted by Gasteiger charge is -2.48. The predicted octanol–water partition coefficient (Wildman–Crippen LogP) is 3.65. The zero-order valence-electron chi connectivity index (χ0n) is 21.9. The normalized spacial score (nSPS) is 23.6. The molecule has 15 heteroatoms. The number of anilines is 3. The van der Waals surface area contributed by atoms with E-state index in [4.69, 9.17) is 4.98 Å². The zero-order chi connectivity index (χ0) is 28.7. The number of alkyl halides is 3. The number of hydrogen-bond acceptors (Lipinski definition) is 10. The molecule has 41 heavy (non-hydrogen) atoms. The Morgan fingerprint density at radius 2 is 1.88 bits per heavy atom. The average Bonchev–Trinajstić information content (AvgIpc) is 3.68. The highest BCUT2D eigenvalue weighted by Crippen LogP contribution is 2.45. The van der Waals surface area contributed by atoms with E-state index in [0.717, 1.165) is 43.5 Å². The third-order valence-electron chi connectivity index (χ3n) is 7.96. The SMILES string of the molecule is CN1CCS(=O)(=O)c2cc(-c3nc(Nc4ccc(N5CC6CC(C5)N6)nc4C4CC4)ncc3C(F)(F)F)sc2C1=O. The van der Waals surface area contributed by atoms with Gasteiger partial charge >= 0.3 is 6.18 Å². The van der Waals surface area contributed by atoms with Crippen molar-refractivity contribution in [3.05, 3.63) is 40.5 Å². The summed E-state index contributed by atoms with van der Waals surface area (Å²) in [6.07, 6.45) is -1.02. The van der Waals surface area contributed by atoms with Crippen LogP contribution in [0, 0.1) is 0 Å². The van der Waals surface area contributed by atoms with E-state index < -0.39 is 33.2 Å². The number of aromatic nitrogens is 3. The second-order valence-electron chi connectivity index (χ2n) is 11.0. The summed E-state index contributed by atoms with van der Waals surface area (Å²) in [5.41, 5.74) is -0.173. The monoisotopic (exact) mass is 605 g/mol. The molecule has 7 heterocycles. The second-order valence-corrected chi connectivity index (χ2v) is 14.1. The number of pyridine rings is 1. The van der Waals surface area contributed by atoms with Crippen LogP contribution in [-0.4, -0.2) is 78.7 Å². The van der Waals surface area contributed by atoms with Crippen molar-refractivity contribution in [3.63, 3.8) is 0 Å². The van der Waals surface area contributed by atoms with Gasteiger partial charge in [0.2, 0.25) is 5.95 Å². The summed E-state index contributed by atoms with van der Waals surface area (Å²) in [4.78, 5) is 28.9. The molecule has 1 saturated carbocycles. The van der Waals surface area contributed by atoms with Crippen molar-refractivity contribution in [2.75, 3.05) is 42.7 Å². The molecule has 10 nitrogen and oxygen atoms in total. The Labute approximate surface area is 237 Å². The molecule has 3 aromatic heterocycles. The van der Waals surface area contributed by atoms with Crippen LogP contribution in [0.15, 0.2) is 29.3 Å². The van der Waals surface area contributed by atoms with Crippen LogP contribution in [0.3, 0.4) is 0 Å². The minimum atomic E-state index is -4.80. The Bertz CT molecular complexity index is 1660. The van der Waals surface area contributed by atoms with Gasteiger partial charge in [0.25, 0.3) is 5.91 Å². The van der Waals surface area contributed by atoms with Crippen LogP contribution in [0.5, 0.6) is 0 Å². The molecule has 3 saturated heterocycles. The molecule has 8 rings (SSSR count). The fraction of sp³-hybridized carbons (Fsp3) is 0.462. The number of carbonyl (C=O) groups excluding carboxylic acids is 1. The van der Waals surface area contributed by atoms with Gasteiger partial charge in [-0.1, -0.05) is 0 Å². The number of thiophene rings is 1. The van der Waals surface area contributed by atoms with Gasteiger partial charge in [-0.05, 0) is 37.5 Å². The molecule has 2 N–H and O–H groups in total. The molecular formula is C26H26F3N7O3S2. The number of sulfone groups is 1. The molecule has 1 amide bonds. The van der Waals surface area contributed by atoms with Crippen LogP contribution in [0.1, 0.15) is 46.1 Å². The van der Waals surface area contributed by atoms with E-state index in [0.29, 0.717) is 35.3 Å². The van der Waals surface area contributed by atoms with Gasteiger partial charge in [0.15, 0.2) is 9.84 Å². The molecule has 0 aromatic carbocycles. The molecular weight excluding hydrogens is 579 g/mol. The Morgan fingerprint density at radius 3 is 2.56 bits per heavy atom. The molecule has 4 aliphatic heterocycles. The smallest absolute Gasteiger partial charge is 0.353 e. The van der Waals surface area contributed by atoms with Gasteiger partial charge in [-0.15, -0.1) is 11.3 Å². The Balaban J connectivity index is 1.26. The highest BCUT2D eigenvalue weighted by Gasteiger charge is 2.39. The number of piperazine rings is 1. The summed E-state index contributed by atoms with van der Waals surface area (Å²) in [5, 5.41) is 6.57. The van der Waals surface area contributed by atoms with Crippen LogP contribution in [0.2, 0.25) is 0 Å². The molecule has 2 atom stereocenters. The van der Waals surface area contributed by atoms with E-state index in [1.807, 2.05) is 12.1 Å². The lowest BCUT2D eigenvalue weighted by molar-refractivity contribution is -0.137. The topological polar surface area (TPSA) is 120 Å². The van der Waals surface area contributed by atoms with Crippen LogP contribution in [0.25, 0.3) is 10.6 Å². The lowest BCUT2D eigenvalue weighted by atomic mass is 9.91. The largest absolute Gasteiger partial charge is 0.420 e. The van der Waals surface area contributed by atoms with Crippen molar-refractivity contribution in [2.45, 2.75) is 48.3 Å². The molecule has 5 aliphatic rings. The van der Waals surface area contributed by atoms with Crippen LogP contribution in [0.4, 0.5) is 30.6 Å². The van der Waals surface area contributed by atoms with E-state index in [2.05, 4.69) is 25.5 Å². The lowest BCUT2D eigenvalue weighted by Crippen LogP contribution is -2.67. The predicted molar refractivity (Wildman–Crippen MR) is 146 cm³/mol. The molecule has 216 valence electrons. The highest BCUT2D eigenvalue weighted by atomic mass is 32.2. The summed E-state index contributed by atoms with van der Waals surface area (Å²) >= 11 is 0.689. The summed E-state index contributed by atoms with van der Waals surface area (Å²) < 4.78 is 67.8. The average molecular weight is 606 g/mol. The summed E-state index contributed by atoms with van der Waals surface area (Å²) in [5.74, 6) is 0.162. The number of rotatable bonds is 5. The van der Waals surface area contributed by atoms with Crippen molar-refractivity contribution in [1.29, 1.82) is 0 Å². The van der Waals surface area contributed by atoms with Gasteiger partial charge in [-0.2, -0.15) is 13.2 Å². The zero-order valence-corrected chi connectivity index (χ0v) is 23.5. The van der Waals surface area contributed by atoms with Crippen LogP contribution >= 0.6 is 11.3 Å². The first-order valence-corrected chi connectivity index (χ1v) is 15.8. The van der Waals surface area contributed by atoms with Gasteiger partial charge in [-0.3, -0.25) is 4.79 Å². The maximum atomic E-state index is 14.1. The summed E-state index contributed by atoms with van der Waals surface area (Å²) in [6, 6.07) is 5.81. The minimum Gasteiger partial charge on any atom is -0.353 e. The quantitative estimate of drug-likeness (QED) is 0.449. The third-order valence-corrected chi connectivity index (χ3v) is 10.9. The number of hydrogen-bond donors (Lipinski definition) is 2. The third kappa shape index (κ3) is 4.83. The Morgan fingerprint density at radius 1 is 1.15 bits per heavy atom. The minimum absolute atomic E-state index is 0.000753. The van der Waals surface area contributed by atoms with Crippen LogP contribution in [-0.2, 0) is 16.0 Å². The fourth-order valence-corrected chi connectivity index (χ4v) is 8.62. The van der Waals surface area contributed by atoms with Gasteiger partial charge in [0.05, 0.1) is 32.6 Å². The van der Waals surface area contributed by atoms with Crippen molar-refractivity contribution in [3.8, 4) is 10.6 Å². The maximum Gasteiger partial charge on any atom is 0.420 e. The molecule has 3 aromatic rings. The van der Waals surface area contributed by atoms with Crippen molar-refractivity contribution in [1.82, 2.24) is 25.2 Å². The van der Waals surface area contributed by atoms with E-state index in [9.17, 15) is 26.4 Å². The molecule has 1 aliphatic carbocycles. The second kappa shape index (κ2) is 9.36. The number of fused-ring (bicyclic) bond motifs is 3. The molecule has 4 fully saturated rings. The summed E-state index contributed by atoms with van der Waals surface area (Å²) in [6.45, 7) is 1.76. The highest BCUT2D eigenvalue weighted by molar-refractivity contribution is 7.91. The van der Waals surface area contributed by atoms with Crippen molar-refractivity contribution >= 4 is 44.5 Å². The molecule has 2 unspecified atom stereocenters. The van der Waals surface area contributed by atoms with Gasteiger partial charge < -0.3 is 20.4 Å². The Kier molecular flexibility index (Phi) is 6.07. The Hall–Kier alpha value is -3.30. The first-order valence-electron chi connectivity index (χ1n) is 13.3. The van der Waals surface area contributed by atoms with Gasteiger partial charge in [0, 0.05) is 50.9 Å². The number of halogens is 3. The van der Waals surface area contributed by atoms with Crippen molar-refractivity contribution < 1.29 is 26.4 Å². The van der Waals surface area contributed by atoms with E-state index in [1.54, 1.807) is 0 Å². The van der Waals surface area contributed by atoms with E-state index in [1.165, 1.54) is 18.4 Å². The number of nitrogens with zero attached hydrogens (tertiary/aromatic N) is 5. The number of nitrogens with one attached hydrogen (secondary N) is 2. The molecule has 0 radical (unpaired) electrons. The van der Waals surface area contributed by atoms with Crippen LogP contribution < -0.4 is 15.5 Å². The first kappa shape index (κ1) is 26.6. The standard InChI is InChI=1S/C26H26F3N7O3S2/c1-35-6-7-41(38,39)19-9-18(40-23(19)24(35)37)22-16(26(27,28)29)10-30-25(34-22)32-17-4-5-20(33-21(17)13-2-3-13)36-11-14-8-15(12-36)31-14/h4-5,9-10,13-15,31H,2-3,6-8,11-12H2,1H3,(H,30,32,34). The number of amides is 1. The summed E-state index contributed by atoms with van der Waals surface area (Å²) in [7, 11) is -2.41. The van der Waals surface area contributed by atoms with E-state index in [-0.39, 0.29) is 38.8 Å². The van der Waals surface area contributed by atoms with Crippen molar-refractivity contribution in [2.24, 2.45) is 0 Å². The van der Waals surface area contributed by atoms with Gasteiger partial charge in [-0.25, -0.2) is 23.4 Å². The fourth-order valence-electron chi connectivity index (χ4n) is 5.59. The molecule has 2 bridgehead atoms. The van der Waals surface area contributed by atoms with Gasteiger partial charge in [0.1, 0.15) is 16.3 Å². The first-order chi connectivity index (χ1) is 19.5. The number of piperidine rings is 1. The van der Waals surface area contributed by atoms with E-state index >= 15 is 0 Å².